The molecule has 0 aliphatic heterocycles. The summed E-state index contributed by atoms with van der Waals surface area (Å²) in [7, 11) is 3.21. The first kappa shape index (κ1) is 15.7. The lowest BCUT2D eigenvalue weighted by Gasteiger charge is -2.17. The fraction of sp³-hybridized carbons (Fsp3) is 0.167. The van der Waals surface area contributed by atoms with Crippen LogP contribution in [0.5, 0.6) is 5.88 Å². The van der Waals surface area contributed by atoms with Crippen LogP contribution in [0.15, 0.2) is 60.9 Å². The lowest BCUT2D eigenvalue weighted by Crippen LogP contribution is -2.27. The number of carbonyl (C=O) groups excluding carboxylic acids is 1. The van der Waals surface area contributed by atoms with E-state index in [2.05, 4.69) is 10.1 Å². The number of hydrogen-bond donors (Lipinski definition) is 0. The zero-order valence-corrected chi connectivity index (χ0v) is 13.6. The number of hydrogen-bond acceptors (Lipinski definition) is 4. The third kappa shape index (κ3) is 3.27. The zero-order valence-electron chi connectivity index (χ0n) is 13.6. The summed E-state index contributed by atoms with van der Waals surface area (Å²) in [6.07, 6.45) is 3.42. The summed E-state index contributed by atoms with van der Waals surface area (Å²) >= 11 is 0. The molecule has 0 spiro atoms. The molecule has 0 N–H and O–H groups in total. The minimum absolute atomic E-state index is 0.215. The molecule has 1 aromatic carbocycles. The van der Waals surface area contributed by atoms with Gasteiger partial charge in [0.25, 0.3) is 5.91 Å². The minimum Gasteiger partial charge on any atom is -0.480 e. The van der Waals surface area contributed by atoms with Crippen LogP contribution in [0, 0.1) is 0 Å². The maximum Gasteiger partial charge on any atom is 0.278 e. The summed E-state index contributed by atoms with van der Waals surface area (Å²) in [5, 5.41) is 4.37. The van der Waals surface area contributed by atoms with Crippen molar-refractivity contribution in [2.45, 2.75) is 6.54 Å². The molecule has 0 bridgehead atoms. The molecule has 6 nitrogen and oxygen atoms in total. The van der Waals surface area contributed by atoms with Gasteiger partial charge >= 0.3 is 0 Å². The molecule has 0 atom stereocenters. The monoisotopic (exact) mass is 322 g/mol. The fourth-order valence-corrected chi connectivity index (χ4v) is 2.41. The Morgan fingerprint density at radius 3 is 2.71 bits per heavy atom. The third-order valence-electron chi connectivity index (χ3n) is 3.66. The standard InChI is InChI=1S/C18H18N4O2/c1-21(16-9-6-11-19-17(16)24-2)18(23)15-10-12-22(20-15)13-14-7-4-3-5-8-14/h3-12H,13H2,1-2H3. The number of nitrogens with zero attached hydrogens (tertiary/aromatic N) is 4. The average molecular weight is 322 g/mol. The van der Waals surface area contributed by atoms with Crippen molar-refractivity contribution >= 4 is 11.6 Å². The molecule has 3 aromatic rings. The van der Waals surface area contributed by atoms with Gasteiger partial charge in [-0.2, -0.15) is 5.10 Å². The van der Waals surface area contributed by atoms with Crippen LogP contribution in [0.4, 0.5) is 5.69 Å². The molecule has 2 heterocycles. The number of pyridine rings is 1. The summed E-state index contributed by atoms with van der Waals surface area (Å²) in [5.41, 5.74) is 2.10. The van der Waals surface area contributed by atoms with E-state index in [-0.39, 0.29) is 5.91 Å². The van der Waals surface area contributed by atoms with E-state index in [1.165, 1.54) is 12.0 Å². The number of methoxy groups -OCH3 is 1. The van der Waals surface area contributed by atoms with E-state index in [1.54, 1.807) is 42.3 Å². The molecule has 6 heteroatoms. The van der Waals surface area contributed by atoms with Gasteiger partial charge in [0.1, 0.15) is 5.69 Å². The highest BCUT2D eigenvalue weighted by molar-refractivity contribution is 6.04. The molecule has 0 aliphatic carbocycles. The van der Waals surface area contributed by atoms with E-state index in [4.69, 9.17) is 4.74 Å². The molecule has 0 fully saturated rings. The van der Waals surface area contributed by atoms with Gasteiger partial charge in [0.2, 0.25) is 5.88 Å². The van der Waals surface area contributed by atoms with E-state index in [0.29, 0.717) is 23.8 Å². The Morgan fingerprint density at radius 2 is 1.96 bits per heavy atom. The van der Waals surface area contributed by atoms with Gasteiger partial charge in [-0.25, -0.2) is 4.98 Å². The molecule has 2 aromatic heterocycles. The maximum absolute atomic E-state index is 12.6. The molecular weight excluding hydrogens is 304 g/mol. The SMILES string of the molecule is COc1ncccc1N(C)C(=O)c1ccn(Cc2ccccc2)n1. The van der Waals surface area contributed by atoms with Gasteiger partial charge in [-0.05, 0) is 23.8 Å². The van der Waals surface area contributed by atoms with E-state index >= 15 is 0 Å². The Morgan fingerprint density at radius 1 is 1.17 bits per heavy atom. The first-order valence-corrected chi connectivity index (χ1v) is 7.53. The quantitative estimate of drug-likeness (QED) is 0.724. The second-order valence-electron chi connectivity index (χ2n) is 5.28. The van der Waals surface area contributed by atoms with E-state index < -0.39 is 0 Å². The number of aromatic nitrogens is 3. The van der Waals surface area contributed by atoms with Gasteiger partial charge < -0.3 is 9.64 Å². The van der Waals surface area contributed by atoms with Crippen molar-refractivity contribution in [3.63, 3.8) is 0 Å². The molecular formula is C18H18N4O2. The molecule has 3 rings (SSSR count). The van der Waals surface area contributed by atoms with Crippen molar-refractivity contribution in [2.75, 3.05) is 19.1 Å². The Bertz CT molecular complexity index is 830. The molecule has 1 amide bonds. The predicted molar refractivity (Wildman–Crippen MR) is 91.3 cm³/mol. The fourth-order valence-electron chi connectivity index (χ4n) is 2.41. The second-order valence-corrected chi connectivity index (χ2v) is 5.28. The number of benzene rings is 1. The summed E-state index contributed by atoms with van der Waals surface area (Å²) in [6.45, 7) is 0.619. The molecule has 0 radical (unpaired) electrons. The van der Waals surface area contributed by atoms with Gasteiger partial charge in [0.15, 0.2) is 5.69 Å². The van der Waals surface area contributed by atoms with Crippen LogP contribution in [-0.4, -0.2) is 34.8 Å². The highest BCUT2D eigenvalue weighted by atomic mass is 16.5. The number of carbonyl (C=O) groups is 1. The average Bonchev–Trinajstić information content (AvgIpc) is 3.09. The number of ether oxygens (including phenoxy) is 1. The third-order valence-corrected chi connectivity index (χ3v) is 3.66. The van der Waals surface area contributed by atoms with Crippen molar-refractivity contribution in [2.24, 2.45) is 0 Å². The van der Waals surface area contributed by atoms with Crippen molar-refractivity contribution in [1.29, 1.82) is 0 Å². The van der Waals surface area contributed by atoms with Gasteiger partial charge in [0, 0.05) is 19.4 Å². The lowest BCUT2D eigenvalue weighted by molar-refractivity contribution is 0.0986. The molecule has 0 aliphatic rings. The van der Waals surface area contributed by atoms with Crippen molar-refractivity contribution in [3.05, 3.63) is 72.2 Å². The Labute approximate surface area is 140 Å². The smallest absolute Gasteiger partial charge is 0.278 e. The lowest BCUT2D eigenvalue weighted by atomic mass is 10.2. The van der Waals surface area contributed by atoms with Crippen LogP contribution in [0.3, 0.4) is 0 Å². The first-order valence-electron chi connectivity index (χ1n) is 7.53. The molecule has 0 saturated carbocycles. The normalized spacial score (nSPS) is 10.4. The second kappa shape index (κ2) is 6.95. The molecule has 0 saturated heterocycles. The Kier molecular flexibility index (Phi) is 4.56. The van der Waals surface area contributed by atoms with Gasteiger partial charge in [-0.3, -0.25) is 9.48 Å². The van der Waals surface area contributed by atoms with Gasteiger partial charge in [0.05, 0.1) is 13.7 Å². The summed E-state index contributed by atoms with van der Waals surface area (Å²) in [5.74, 6) is 0.185. The van der Waals surface area contributed by atoms with Crippen LogP contribution < -0.4 is 9.64 Å². The van der Waals surface area contributed by atoms with E-state index in [0.717, 1.165) is 5.56 Å². The molecule has 122 valence electrons. The topological polar surface area (TPSA) is 60.2 Å². The summed E-state index contributed by atoms with van der Waals surface area (Å²) < 4.78 is 6.95. The van der Waals surface area contributed by atoms with Crippen LogP contribution in [0.25, 0.3) is 0 Å². The van der Waals surface area contributed by atoms with E-state index in [1.807, 2.05) is 30.3 Å². The Hall–Kier alpha value is -3.15. The van der Waals surface area contributed by atoms with Crippen molar-refractivity contribution in [1.82, 2.24) is 14.8 Å². The van der Waals surface area contributed by atoms with Gasteiger partial charge in [-0.15, -0.1) is 0 Å². The summed E-state index contributed by atoms with van der Waals surface area (Å²) in [6, 6.07) is 15.2. The number of amides is 1. The molecule has 24 heavy (non-hydrogen) atoms. The molecule has 0 unspecified atom stereocenters. The van der Waals surface area contributed by atoms with Crippen molar-refractivity contribution < 1.29 is 9.53 Å². The maximum atomic E-state index is 12.6. The van der Waals surface area contributed by atoms with Crippen LogP contribution in [0.1, 0.15) is 16.1 Å². The van der Waals surface area contributed by atoms with Crippen LogP contribution in [-0.2, 0) is 6.54 Å². The summed E-state index contributed by atoms with van der Waals surface area (Å²) in [4.78, 5) is 18.2. The zero-order chi connectivity index (χ0) is 16.9. The highest BCUT2D eigenvalue weighted by Crippen LogP contribution is 2.24. The van der Waals surface area contributed by atoms with E-state index in [9.17, 15) is 4.79 Å². The van der Waals surface area contributed by atoms with Crippen LogP contribution in [0.2, 0.25) is 0 Å². The number of anilines is 1. The Balaban J connectivity index is 1.78. The van der Waals surface area contributed by atoms with Crippen molar-refractivity contribution in [3.8, 4) is 5.88 Å². The largest absolute Gasteiger partial charge is 0.480 e. The minimum atomic E-state index is -0.215. The predicted octanol–water partition coefficient (Wildman–Crippen LogP) is 2.61. The van der Waals surface area contributed by atoms with Crippen LogP contribution >= 0.6 is 0 Å². The van der Waals surface area contributed by atoms with Gasteiger partial charge in [-0.1, -0.05) is 30.3 Å². The first-order chi connectivity index (χ1) is 11.7. The number of rotatable bonds is 5. The highest BCUT2D eigenvalue weighted by Gasteiger charge is 2.19.